The predicted molar refractivity (Wildman–Crippen MR) is 123 cm³/mol. The van der Waals surface area contributed by atoms with Crippen LogP contribution in [-0.4, -0.2) is 40.4 Å². The second kappa shape index (κ2) is 9.56. The molecule has 2 aromatic carbocycles. The summed E-state index contributed by atoms with van der Waals surface area (Å²) in [6, 6.07) is 16.8. The molecule has 33 heavy (non-hydrogen) atoms. The molecule has 1 amide bonds. The summed E-state index contributed by atoms with van der Waals surface area (Å²) in [5.41, 5.74) is 1.87. The minimum absolute atomic E-state index is 0.0290. The van der Waals surface area contributed by atoms with Crippen LogP contribution in [0.1, 0.15) is 29.7 Å². The van der Waals surface area contributed by atoms with Crippen molar-refractivity contribution in [3.63, 3.8) is 0 Å². The Balaban J connectivity index is 1.87. The molecule has 1 atom stereocenters. The van der Waals surface area contributed by atoms with E-state index in [-0.39, 0.29) is 17.9 Å². The molecule has 7 nitrogen and oxygen atoms in total. The van der Waals surface area contributed by atoms with Gasteiger partial charge in [0.25, 0.3) is 11.7 Å². The highest BCUT2D eigenvalue weighted by Crippen LogP contribution is 2.42. The molecule has 3 aromatic rings. The van der Waals surface area contributed by atoms with Gasteiger partial charge in [0.15, 0.2) is 11.5 Å². The molecule has 1 N–H and O–H groups in total. The van der Waals surface area contributed by atoms with E-state index >= 15 is 0 Å². The first-order valence-corrected chi connectivity index (χ1v) is 10.6. The number of aromatic nitrogens is 1. The molecule has 1 aromatic heterocycles. The van der Waals surface area contributed by atoms with Gasteiger partial charge in [-0.3, -0.25) is 14.6 Å². The summed E-state index contributed by atoms with van der Waals surface area (Å²) >= 11 is 0. The summed E-state index contributed by atoms with van der Waals surface area (Å²) in [5.74, 6) is -0.621. The maximum atomic E-state index is 13.1. The standard InChI is InChI=1S/C26H24N2O5/c1-3-33-20-12-11-19(14-21(20)32-2)23-22(24(29)18-9-5-4-6-10-18)25(30)26(31)28(23)16-17-8-7-13-27-15-17/h4-15,23,29H,3,16H2,1-2H3/t23-/m1/s1. The minimum atomic E-state index is -0.810. The third-order valence-electron chi connectivity index (χ3n) is 5.47. The molecule has 1 saturated heterocycles. The number of nitrogens with zero attached hydrogens (tertiary/aromatic N) is 2. The Kier molecular flexibility index (Phi) is 6.40. The highest BCUT2D eigenvalue weighted by molar-refractivity contribution is 6.46. The quantitative estimate of drug-likeness (QED) is 0.335. The van der Waals surface area contributed by atoms with Crippen LogP contribution >= 0.6 is 0 Å². The Morgan fingerprint density at radius 2 is 1.85 bits per heavy atom. The van der Waals surface area contributed by atoms with Gasteiger partial charge in [0.2, 0.25) is 0 Å². The van der Waals surface area contributed by atoms with Gasteiger partial charge in [-0.2, -0.15) is 0 Å². The van der Waals surface area contributed by atoms with Crippen LogP contribution in [0.15, 0.2) is 78.6 Å². The first-order chi connectivity index (χ1) is 16.0. The van der Waals surface area contributed by atoms with Crippen molar-refractivity contribution >= 4 is 17.4 Å². The SMILES string of the molecule is CCOc1ccc([C@@H]2C(=C(O)c3ccccc3)C(=O)C(=O)N2Cc2cccnc2)cc1OC. The Morgan fingerprint density at radius 1 is 1.06 bits per heavy atom. The number of hydrogen-bond donors (Lipinski definition) is 1. The molecule has 4 rings (SSSR count). The van der Waals surface area contributed by atoms with Gasteiger partial charge in [0.1, 0.15) is 5.76 Å². The molecule has 168 valence electrons. The third-order valence-corrected chi connectivity index (χ3v) is 5.47. The molecular weight excluding hydrogens is 420 g/mol. The number of benzene rings is 2. The lowest BCUT2D eigenvalue weighted by molar-refractivity contribution is -0.140. The van der Waals surface area contributed by atoms with Crippen molar-refractivity contribution in [2.75, 3.05) is 13.7 Å². The Hall–Kier alpha value is -4.13. The Labute approximate surface area is 191 Å². The lowest BCUT2D eigenvalue weighted by atomic mass is 9.95. The monoisotopic (exact) mass is 444 g/mol. The van der Waals surface area contributed by atoms with Crippen molar-refractivity contribution in [1.29, 1.82) is 0 Å². The number of ketones is 1. The second-order valence-electron chi connectivity index (χ2n) is 7.50. The molecule has 2 heterocycles. The van der Waals surface area contributed by atoms with Gasteiger partial charge >= 0.3 is 0 Å². The number of methoxy groups -OCH3 is 1. The van der Waals surface area contributed by atoms with Crippen LogP contribution in [0.25, 0.3) is 5.76 Å². The van der Waals surface area contributed by atoms with Crippen molar-refractivity contribution < 1.29 is 24.2 Å². The van der Waals surface area contributed by atoms with Crippen LogP contribution in [0.2, 0.25) is 0 Å². The molecule has 7 heteroatoms. The lowest BCUT2D eigenvalue weighted by Crippen LogP contribution is -2.29. The fraction of sp³-hybridized carbons (Fsp3) is 0.192. The topological polar surface area (TPSA) is 89.0 Å². The molecule has 1 aliphatic rings. The lowest BCUT2D eigenvalue weighted by Gasteiger charge is -2.26. The van der Waals surface area contributed by atoms with Crippen LogP contribution in [0.5, 0.6) is 11.5 Å². The first kappa shape index (κ1) is 22.1. The van der Waals surface area contributed by atoms with E-state index in [0.29, 0.717) is 29.2 Å². The number of ether oxygens (including phenoxy) is 2. The zero-order valence-corrected chi connectivity index (χ0v) is 18.4. The maximum Gasteiger partial charge on any atom is 0.295 e. The van der Waals surface area contributed by atoms with Gasteiger partial charge in [-0.05, 0) is 36.2 Å². The molecule has 0 aliphatic carbocycles. The molecule has 0 unspecified atom stereocenters. The zero-order chi connectivity index (χ0) is 23.4. The normalized spacial score (nSPS) is 17.3. The van der Waals surface area contributed by atoms with Crippen molar-refractivity contribution in [2.24, 2.45) is 0 Å². The Morgan fingerprint density at radius 3 is 2.52 bits per heavy atom. The van der Waals surface area contributed by atoms with E-state index in [2.05, 4.69) is 4.98 Å². The van der Waals surface area contributed by atoms with Gasteiger partial charge < -0.3 is 19.5 Å². The molecule has 0 saturated carbocycles. The molecule has 1 fully saturated rings. The second-order valence-corrected chi connectivity index (χ2v) is 7.50. The van der Waals surface area contributed by atoms with E-state index < -0.39 is 17.7 Å². The Bertz CT molecular complexity index is 1190. The summed E-state index contributed by atoms with van der Waals surface area (Å²) < 4.78 is 11.1. The summed E-state index contributed by atoms with van der Waals surface area (Å²) in [7, 11) is 1.53. The number of carbonyl (C=O) groups excluding carboxylic acids is 2. The van der Waals surface area contributed by atoms with Crippen molar-refractivity contribution in [1.82, 2.24) is 9.88 Å². The fourth-order valence-corrected chi connectivity index (χ4v) is 3.96. The number of Topliss-reactive ketones (excluding diaryl/α,β-unsaturated/α-hetero) is 1. The van der Waals surface area contributed by atoms with Gasteiger partial charge in [0.05, 0.1) is 25.3 Å². The van der Waals surface area contributed by atoms with Crippen LogP contribution in [0, 0.1) is 0 Å². The van der Waals surface area contributed by atoms with Gasteiger partial charge in [-0.25, -0.2) is 0 Å². The first-order valence-electron chi connectivity index (χ1n) is 10.6. The van der Waals surface area contributed by atoms with Crippen LogP contribution in [0.4, 0.5) is 0 Å². The third kappa shape index (κ3) is 4.30. The highest BCUT2D eigenvalue weighted by atomic mass is 16.5. The average molecular weight is 444 g/mol. The fourth-order valence-electron chi connectivity index (χ4n) is 3.96. The maximum absolute atomic E-state index is 13.1. The van der Waals surface area contributed by atoms with E-state index in [0.717, 1.165) is 5.56 Å². The zero-order valence-electron chi connectivity index (χ0n) is 18.4. The van der Waals surface area contributed by atoms with E-state index in [1.807, 2.05) is 19.1 Å². The number of pyridine rings is 1. The number of aliphatic hydroxyl groups excluding tert-OH is 1. The summed E-state index contributed by atoms with van der Waals surface area (Å²) in [6.07, 6.45) is 3.29. The van der Waals surface area contributed by atoms with Crippen molar-refractivity contribution in [3.05, 3.63) is 95.3 Å². The molecule has 1 aliphatic heterocycles. The number of aliphatic hydroxyl groups is 1. The number of likely N-dealkylation sites (tertiary alicyclic amines) is 1. The number of rotatable bonds is 7. The minimum Gasteiger partial charge on any atom is -0.507 e. The van der Waals surface area contributed by atoms with Gasteiger partial charge in [0, 0.05) is 24.5 Å². The highest BCUT2D eigenvalue weighted by Gasteiger charge is 2.46. The average Bonchev–Trinajstić information content (AvgIpc) is 3.10. The number of amides is 1. The summed E-state index contributed by atoms with van der Waals surface area (Å²) in [5, 5.41) is 11.1. The van der Waals surface area contributed by atoms with E-state index in [9.17, 15) is 14.7 Å². The summed E-state index contributed by atoms with van der Waals surface area (Å²) in [6.45, 7) is 2.49. The van der Waals surface area contributed by atoms with Gasteiger partial charge in [-0.1, -0.05) is 42.5 Å². The molecule has 0 bridgehead atoms. The van der Waals surface area contributed by atoms with Gasteiger partial charge in [-0.15, -0.1) is 0 Å². The predicted octanol–water partition coefficient (Wildman–Crippen LogP) is 4.11. The van der Waals surface area contributed by atoms with Crippen molar-refractivity contribution in [3.8, 4) is 11.5 Å². The largest absolute Gasteiger partial charge is 0.507 e. The molecule has 0 spiro atoms. The smallest absolute Gasteiger partial charge is 0.295 e. The van der Waals surface area contributed by atoms with E-state index in [1.54, 1.807) is 60.9 Å². The number of carbonyl (C=O) groups is 2. The van der Waals surface area contributed by atoms with Crippen molar-refractivity contribution in [2.45, 2.75) is 19.5 Å². The number of hydrogen-bond acceptors (Lipinski definition) is 6. The summed E-state index contributed by atoms with van der Waals surface area (Å²) in [4.78, 5) is 31.8. The molecule has 0 radical (unpaired) electrons. The van der Waals surface area contributed by atoms with Crippen LogP contribution < -0.4 is 9.47 Å². The van der Waals surface area contributed by atoms with Crippen LogP contribution in [-0.2, 0) is 16.1 Å². The van der Waals surface area contributed by atoms with Crippen LogP contribution in [0.3, 0.4) is 0 Å². The van der Waals surface area contributed by atoms with E-state index in [4.69, 9.17) is 9.47 Å². The molecular formula is C26H24N2O5. The van der Waals surface area contributed by atoms with E-state index in [1.165, 1.54) is 12.0 Å².